The lowest BCUT2D eigenvalue weighted by molar-refractivity contribution is 0.103. The Balaban J connectivity index is 0.000000235. The van der Waals surface area contributed by atoms with Gasteiger partial charge in [0.2, 0.25) is 0 Å². The molecule has 0 aliphatic heterocycles. The van der Waals surface area contributed by atoms with Gasteiger partial charge in [0.25, 0.3) is 0 Å². The number of hydrogen-bond acceptors (Lipinski definition) is 6. The minimum Gasteiger partial charge on any atom is -0.508 e. The Morgan fingerprint density at radius 3 is 2.12 bits per heavy atom. The van der Waals surface area contributed by atoms with Gasteiger partial charge in [-0.05, 0) is 48.7 Å². The molecule has 0 atom stereocenters. The lowest BCUT2D eigenvalue weighted by atomic mass is 10.0. The fourth-order valence-electron chi connectivity index (χ4n) is 3.15. The number of unbranched alkanes of at least 4 members (excludes halogenated alkanes) is 3. The molecule has 0 saturated carbocycles. The van der Waals surface area contributed by atoms with Gasteiger partial charge in [-0.1, -0.05) is 44.4 Å². The first-order valence-corrected chi connectivity index (χ1v) is 10.6. The number of carbonyl (C=O) groups is 1. The van der Waals surface area contributed by atoms with Crippen LogP contribution < -0.4 is 4.74 Å². The highest BCUT2D eigenvalue weighted by Gasteiger charge is 2.16. The summed E-state index contributed by atoms with van der Waals surface area (Å²) in [5, 5.41) is 37.9. The van der Waals surface area contributed by atoms with Gasteiger partial charge >= 0.3 is 0 Å². The lowest BCUT2D eigenvalue weighted by Gasteiger charge is -2.07. The Morgan fingerprint density at radius 1 is 0.781 bits per heavy atom. The highest BCUT2D eigenvalue weighted by Crippen LogP contribution is 2.28. The Hall–Kier alpha value is -3.67. The topological polar surface area (TPSA) is 107 Å². The molecular formula is C26H30O6. The normalized spacial score (nSPS) is 10.2. The van der Waals surface area contributed by atoms with E-state index in [1.165, 1.54) is 56.7 Å². The van der Waals surface area contributed by atoms with Crippen LogP contribution in [-0.4, -0.2) is 33.3 Å². The monoisotopic (exact) mass is 438 g/mol. The Morgan fingerprint density at radius 2 is 1.50 bits per heavy atom. The fraction of sp³-hybridized carbons (Fsp3) is 0.269. The van der Waals surface area contributed by atoms with Gasteiger partial charge in [0, 0.05) is 12.1 Å². The summed E-state index contributed by atoms with van der Waals surface area (Å²) in [5.41, 5.74) is 1.20. The van der Waals surface area contributed by atoms with Gasteiger partial charge in [-0.3, -0.25) is 4.79 Å². The third-order valence-corrected chi connectivity index (χ3v) is 4.97. The van der Waals surface area contributed by atoms with Crippen LogP contribution in [0.2, 0.25) is 0 Å². The molecule has 4 N–H and O–H groups in total. The molecule has 0 aliphatic rings. The second-order valence-corrected chi connectivity index (χ2v) is 7.35. The van der Waals surface area contributed by atoms with Gasteiger partial charge in [-0.2, -0.15) is 0 Å². The van der Waals surface area contributed by atoms with Crippen molar-refractivity contribution in [1.29, 1.82) is 0 Å². The van der Waals surface area contributed by atoms with E-state index >= 15 is 0 Å². The Kier molecular flexibility index (Phi) is 9.42. The van der Waals surface area contributed by atoms with Crippen LogP contribution in [0.15, 0.2) is 60.7 Å². The summed E-state index contributed by atoms with van der Waals surface area (Å²) in [4.78, 5) is 12.1. The van der Waals surface area contributed by atoms with E-state index in [0.29, 0.717) is 5.75 Å². The maximum Gasteiger partial charge on any atom is 0.200 e. The number of carbonyl (C=O) groups excluding carboxylic acids is 1. The molecule has 0 fully saturated rings. The molecular weight excluding hydrogens is 408 g/mol. The van der Waals surface area contributed by atoms with Crippen LogP contribution in [0.3, 0.4) is 0 Å². The zero-order chi connectivity index (χ0) is 23.5. The van der Waals surface area contributed by atoms with Crippen LogP contribution in [0.4, 0.5) is 0 Å². The summed E-state index contributed by atoms with van der Waals surface area (Å²) in [7, 11) is 1.47. The first-order valence-electron chi connectivity index (χ1n) is 10.6. The van der Waals surface area contributed by atoms with Crippen LogP contribution in [0.5, 0.6) is 28.7 Å². The van der Waals surface area contributed by atoms with Crippen molar-refractivity contribution in [2.24, 2.45) is 0 Å². The van der Waals surface area contributed by atoms with Gasteiger partial charge in [-0.25, -0.2) is 0 Å². The van der Waals surface area contributed by atoms with Crippen LogP contribution in [-0.2, 0) is 6.42 Å². The number of para-hydroxylation sites is 1. The van der Waals surface area contributed by atoms with Crippen LogP contribution in [0, 0.1) is 0 Å². The quantitative estimate of drug-likeness (QED) is 0.271. The van der Waals surface area contributed by atoms with Gasteiger partial charge in [0.05, 0.1) is 18.2 Å². The number of ketones is 1. The molecule has 0 heterocycles. The van der Waals surface area contributed by atoms with Crippen LogP contribution in [0.1, 0.15) is 54.1 Å². The van der Waals surface area contributed by atoms with Gasteiger partial charge < -0.3 is 25.2 Å². The number of phenolic OH excluding ortho intramolecular Hbond substituents is 4. The smallest absolute Gasteiger partial charge is 0.200 e. The molecule has 32 heavy (non-hydrogen) atoms. The maximum absolute atomic E-state index is 12.1. The van der Waals surface area contributed by atoms with Crippen molar-refractivity contribution in [3.05, 3.63) is 77.4 Å². The van der Waals surface area contributed by atoms with Gasteiger partial charge in [0.1, 0.15) is 28.7 Å². The van der Waals surface area contributed by atoms with E-state index in [0.717, 1.165) is 18.4 Å². The zero-order valence-electron chi connectivity index (χ0n) is 18.4. The van der Waals surface area contributed by atoms with Crippen molar-refractivity contribution in [1.82, 2.24) is 0 Å². The molecule has 0 radical (unpaired) electrons. The number of aromatic hydroxyl groups is 4. The second kappa shape index (κ2) is 12.2. The zero-order valence-corrected chi connectivity index (χ0v) is 18.4. The van der Waals surface area contributed by atoms with Crippen LogP contribution >= 0.6 is 0 Å². The summed E-state index contributed by atoms with van der Waals surface area (Å²) < 4.78 is 4.94. The molecule has 0 unspecified atom stereocenters. The van der Waals surface area contributed by atoms with E-state index in [9.17, 15) is 20.1 Å². The first-order chi connectivity index (χ1) is 15.4. The fourth-order valence-corrected chi connectivity index (χ4v) is 3.15. The third-order valence-electron chi connectivity index (χ3n) is 4.97. The largest absolute Gasteiger partial charge is 0.508 e. The minimum absolute atomic E-state index is 0.113. The molecule has 6 nitrogen and oxygen atoms in total. The summed E-state index contributed by atoms with van der Waals surface area (Å²) in [6, 6.07) is 15.4. The average Bonchev–Trinajstić information content (AvgIpc) is 2.78. The molecule has 0 bridgehead atoms. The first kappa shape index (κ1) is 24.6. The van der Waals surface area contributed by atoms with E-state index in [-0.39, 0.29) is 34.1 Å². The summed E-state index contributed by atoms with van der Waals surface area (Å²) in [5.74, 6) is 0.0659. The van der Waals surface area contributed by atoms with E-state index in [1.54, 1.807) is 30.3 Å². The number of hydrogen-bond donors (Lipinski definition) is 4. The molecule has 3 aromatic carbocycles. The number of rotatable bonds is 8. The van der Waals surface area contributed by atoms with E-state index in [2.05, 4.69) is 6.92 Å². The van der Waals surface area contributed by atoms with Crippen molar-refractivity contribution in [2.75, 3.05) is 7.11 Å². The molecule has 0 aliphatic carbocycles. The second-order valence-electron chi connectivity index (χ2n) is 7.35. The number of benzene rings is 3. The van der Waals surface area contributed by atoms with Crippen molar-refractivity contribution in [3.63, 3.8) is 0 Å². The van der Waals surface area contributed by atoms with Crippen molar-refractivity contribution in [2.45, 2.75) is 39.0 Å². The Labute approximate surface area is 188 Å². The third kappa shape index (κ3) is 6.94. The lowest BCUT2D eigenvalue weighted by Crippen LogP contribution is -2.02. The molecule has 3 rings (SSSR count). The number of aryl methyl sites for hydroxylation is 1. The number of ether oxygens (including phenoxy) is 1. The van der Waals surface area contributed by atoms with Crippen molar-refractivity contribution < 1.29 is 30.0 Å². The standard InChI is InChI=1S/C14H12O4.C12H18O2/c1-18-9-6-7-11(13(16)8-9)14(17)10-4-2-3-5-12(10)15;1-2-3-4-5-6-10-7-8-11(13)9-12(10)14/h2-8,15-16H,1H3;7-9,13-14H,2-6H2,1H3. The minimum atomic E-state index is -0.437. The summed E-state index contributed by atoms with van der Waals surface area (Å²) in [6.45, 7) is 2.18. The van der Waals surface area contributed by atoms with E-state index in [4.69, 9.17) is 9.84 Å². The van der Waals surface area contributed by atoms with E-state index < -0.39 is 5.78 Å². The summed E-state index contributed by atoms with van der Waals surface area (Å²) in [6.07, 6.45) is 5.68. The molecule has 0 aromatic heterocycles. The predicted octanol–water partition coefficient (Wildman–Crippen LogP) is 5.56. The predicted molar refractivity (Wildman–Crippen MR) is 124 cm³/mol. The Bertz CT molecular complexity index is 1030. The molecule has 0 spiro atoms. The molecule has 170 valence electrons. The van der Waals surface area contributed by atoms with Crippen molar-refractivity contribution >= 4 is 5.78 Å². The molecule has 3 aromatic rings. The average molecular weight is 439 g/mol. The van der Waals surface area contributed by atoms with Gasteiger partial charge in [0.15, 0.2) is 5.78 Å². The molecule has 0 saturated heterocycles. The highest BCUT2D eigenvalue weighted by molar-refractivity contribution is 6.12. The SMILES string of the molecule is CCCCCCc1ccc(O)cc1O.COc1ccc(C(=O)c2ccccc2O)c(O)c1. The van der Waals surface area contributed by atoms with Gasteiger partial charge in [-0.15, -0.1) is 0 Å². The van der Waals surface area contributed by atoms with E-state index in [1.807, 2.05) is 0 Å². The number of phenols is 4. The molecule has 6 heteroatoms. The van der Waals surface area contributed by atoms with Crippen LogP contribution in [0.25, 0.3) is 0 Å². The van der Waals surface area contributed by atoms with Crippen molar-refractivity contribution in [3.8, 4) is 28.7 Å². The maximum atomic E-state index is 12.1. The number of methoxy groups -OCH3 is 1. The highest BCUT2D eigenvalue weighted by atomic mass is 16.5. The summed E-state index contributed by atoms with van der Waals surface area (Å²) >= 11 is 0. The molecule has 0 amide bonds.